The SMILES string of the molecule is CC(C)NC(=S)NC(C)c1ccsc1. The first-order chi connectivity index (χ1) is 6.59. The van der Waals surface area contributed by atoms with E-state index >= 15 is 0 Å². The van der Waals surface area contributed by atoms with Crippen LogP contribution in [0.4, 0.5) is 0 Å². The maximum absolute atomic E-state index is 5.16. The largest absolute Gasteiger partial charge is 0.361 e. The minimum atomic E-state index is 0.278. The van der Waals surface area contributed by atoms with E-state index in [1.807, 2.05) is 0 Å². The van der Waals surface area contributed by atoms with Gasteiger partial charge in [-0.15, -0.1) is 0 Å². The van der Waals surface area contributed by atoms with Gasteiger partial charge in [0.15, 0.2) is 5.11 Å². The van der Waals surface area contributed by atoms with E-state index in [1.165, 1.54) is 5.56 Å². The second-order valence-electron chi connectivity index (χ2n) is 3.55. The first-order valence-corrected chi connectivity index (χ1v) is 6.04. The maximum Gasteiger partial charge on any atom is 0.166 e. The second kappa shape index (κ2) is 5.32. The van der Waals surface area contributed by atoms with Crippen LogP contribution in [0.5, 0.6) is 0 Å². The van der Waals surface area contributed by atoms with Crippen molar-refractivity contribution < 1.29 is 0 Å². The van der Waals surface area contributed by atoms with Crippen LogP contribution in [-0.2, 0) is 0 Å². The minimum Gasteiger partial charge on any atom is -0.361 e. The fraction of sp³-hybridized carbons (Fsp3) is 0.500. The Kier molecular flexibility index (Phi) is 4.35. The van der Waals surface area contributed by atoms with Crippen LogP contribution in [0.15, 0.2) is 16.8 Å². The summed E-state index contributed by atoms with van der Waals surface area (Å²) in [5, 5.41) is 11.3. The fourth-order valence-corrected chi connectivity index (χ4v) is 2.27. The molecule has 0 spiro atoms. The molecular formula is C10H16N2S2. The van der Waals surface area contributed by atoms with E-state index in [0.717, 1.165) is 5.11 Å². The molecule has 1 heterocycles. The molecular weight excluding hydrogens is 212 g/mol. The number of hydrogen-bond donors (Lipinski definition) is 2. The van der Waals surface area contributed by atoms with Crippen molar-refractivity contribution in [2.75, 3.05) is 0 Å². The van der Waals surface area contributed by atoms with Gasteiger partial charge >= 0.3 is 0 Å². The molecule has 0 saturated heterocycles. The summed E-state index contributed by atoms with van der Waals surface area (Å²) in [4.78, 5) is 0. The molecule has 0 saturated carbocycles. The highest BCUT2D eigenvalue weighted by atomic mass is 32.1. The minimum absolute atomic E-state index is 0.278. The van der Waals surface area contributed by atoms with Gasteiger partial charge in [-0.2, -0.15) is 11.3 Å². The summed E-state index contributed by atoms with van der Waals surface area (Å²) < 4.78 is 0. The van der Waals surface area contributed by atoms with E-state index in [-0.39, 0.29) is 6.04 Å². The number of rotatable bonds is 3. The molecule has 1 unspecified atom stereocenters. The number of nitrogens with one attached hydrogen (secondary N) is 2. The van der Waals surface area contributed by atoms with E-state index < -0.39 is 0 Å². The van der Waals surface area contributed by atoms with Gasteiger partial charge in [-0.1, -0.05) is 0 Å². The van der Waals surface area contributed by atoms with Crippen molar-refractivity contribution in [3.8, 4) is 0 Å². The maximum atomic E-state index is 5.16. The highest BCUT2D eigenvalue weighted by molar-refractivity contribution is 7.80. The van der Waals surface area contributed by atoms with Crippen LogP contribution in [0, 0.1) is 0 Å². The van der Waals surface area contributed by atoms with Crippen LogP contribution < -0.4 is 10.6 Å². The highest BCUT2D eigenvalue weighted by Gasteiger charge is 2.07. The van der Waals surface area contributed by atoms with Crippen molar-refractivity contribution in [1.29, 1.82) is 0 Å². The molecule has 1 atom stereocenters. The van der Waals surface area contributed by atoms with Gasteiger partial charge in [0.1, 0.15) is 0 Å². The number of thiophene rings is 1. The lowest BCUT2D eigenvalue weighted by Gasteiger charge is -2.17. The van der Waals surface area contributed by atoms with Crippen molar-refractivity contribution in [1.82, 2.24) is 10.6 Å². The Morgan fingerprint density at radius 3 is 2.57 bits per heavy atom. The van der Waals surface area contributed by atoms with E-state index in [0.29, 0.717) is 6.04 Å². The van der Waals surface area contributed by atoms with Gasteiger partial charge in [-0.05, 0) is 55.4 Å². The predicted octanol–water partition coefficient (Wildman–Crippen LogP) is 2.68. The van der Waals surface area contributed by atoms with E-state index in [1.54, 1.807) is 11.3 Å². The average Bonchev–Trinajstić information content (AvgIpc) is 2.53. The van der Waals surface area contributed by atoms with Gasteiger partial charge in [0, 0.05) is 6.04 Å². The lowest BCUT2D eigenvalue weighted by molar-refractivity contribution is 0.665. The molecule has 14 heavy (non-hydrogen) atoms. The molecule has 0 fully saturated rings. The molecule has 0 aromatic carbocycles. The lowest BCUT2D eigenvalue weighted by Crippen LogP contribution is -2.40. The van der Waals surface area contributed by atoms with Crippen molar-refractivity contribution in [3.05, 3.63) is 22.4 Å². The van der Waals surface area contributed by atoms with E-state index in [4.69, 9.17) is 12.2 Å². The van der Waals surface area contributed by atoms with Crippen LogP contribution in [0.1, 0.15) is 32.4 Å². The topological polar surface area (TPSA) is 24.1 Å². The van der Waals surface area contributed by atoms with Crippen molar-refractivity contribution in [2.45, 2.75) is 32.9 Å². The van der Waals surface area contributed by atoms with Gasteiger partial charge in [-0.25, -0.2) is 0 Å². The summed E-state index contributed by atoms with van der Waals surface area (Å²) in [5.41, 5.74) is 1.28. The molecule has 4 heteroatoms. The van der Waals surface area contributed by atoms with Gasteiger partial charge in [0.25, 0.3) is 0 Å². The Hall–Kier alpha value is -0.610. The normalized spacial score (nSPS) is 12.6. The zero-order chi connectivity index (χ0) is 10.6. The van der Waals surface area contributed by atoms with Crippen molar-refractivity contribution >= 4 is 28.7 Å². The highest BCUT2D eigenvalue weighted by Crippen LogP contribution is 2.15. The van der Waals surface area contributed by atoms with Crippen LogP contribution in [0.25, 0.3) is 0 Å². The quantitative estimate of drug-likeness (QED) is 0.778. The Morgan fingerprint density at radius 2 is 2.07 bits per heavy atom. The number of hydrogen-bond acceptors (Lipinski definition) is 2. The second-order valence-corrected chi connectivity index (χ2v) is 4.74. The molecule has 1 rings (SSSR count). The van der Waals surface area contributed by atoms with Gasteiger partial charge in [0.05, 0.1) is 6.04 Å². The lowest BCUT2D eigenvalue weighted by atomic mass is 10.2. The third-order valence-corrected chi connectivity index (χ3v) is 2.75. The van der Waals surface area contributed by atoms with Crippen LogP contribution in [-0.4, -0.2) is 11.2 Å². The smallest absolute Gasteiger partial charge is 0.166 e. The molecule has 0 radical (unpaired) electrons. The molecule has 2 nitrogen and oxygen atoms in total. The summed E-state index contributed by atoms with van der Waals surface area (Å²) in [7, 11) is 0. The molecule has 0 bridgehead atoms. The molecule has 1 aromatic heterocycles. The first kappa shape index (κ1) is 11.5. The summed E-state index contributed by atoms with van der Waals surface area (Å²) in [6.45, 7) is 6.25. The molecule has 0 amide bonds. The summed E-state index contributed by atoms with van der Waals surface area (Å²) in [6, 6.07) is 2.77. The van der Waals surface area contributed by atoms with Crippen molar-refractivity contribution in [2.24, 2.45) is 0 Å². The first-order valence-electron chi connectivity index (χ1n) is 4.68. The van der Waals surface area contributed by atoms with E-state index in [9.17, 15) is 0 Å². The zero-order valence-corrected chi connectivity index (χ0v) is 10.3. The third kappa shape index (κ3) is 3.64. The Morgan fingerprint density at radius 1 is 1.36 bits per heavy atom. The standard InChI is InChI=1S/C10H16N2S2/c1-7(2)11-10(13)12-8(3)9-4-5-14-6-9/h4-8H,1-3H3,(H2,11,12,13). The predicted molar refractivity (Wildman–Crippen MR) is 66.7 cm³/mol. The molecule has 0 aliphatic heterocycles. The molecule has 0 aliphatic rings. The Balaban J connectivity index is 2.41. The van der Waals surface area contributed by atoms with Crippen molar-refractivity contribution in [3.63, 3.8) is 0 Å². The summed E-state index contributed by atoms with van der Waals surface area (Å²) in [6.07, 6.45) is 0. The molecule has 78 valence electrons. The van der Waals surface area contributed by atoms with E-state index in [2.05, 4.69) is 48.2 Å². The molecule has 1 aromatic rings. The van der Waals surface area contributed by atoms with Crippen LogP contribution in [0.3, 0.4) is 0 Å². The van der Waals surface area contributed by atoms with Gasteiger partial charge < -0.3 is 10.6 Å². The summed E-state index contributed by atoms with van der Waals surface area (Å²) in [5.74, 6) is 0. The van der Waals surface area contributed by atoms with Crippen LogP contribution in [0.2, 0.25) is 0 Å². The summed E-state index contributed by atoms with van der Waals surface area (Å²) >= 11 is 6.87. The fourth-order valence-electron chi connectivity index (χ4n) is 1.11. The zero-order valence-electron chi connectivity index (χ0n) is 8.70. The Labute approximate surface area is 94.7 Å². The Bertz CT molecular complexity index is 280. The van der Waals surface area contributed by atoms with Crippen LogP contribution >= 0.6 is 23.6 Å². The average molecular weight is 228 g/mol. The third-order valence-electron chi connectivity index (χ3n) is 1.81. The monoisotopic (exact) mass is 228 g/mol. The van der Waals surface area contributed by atoms with Gasteiger partial charge in [0.2, 0.25) is 0 Å². The van der Waals surface area contributed by atoms with Gasteiger partial charge in [-0.3, -0.25) is 0 Å². The molecule has 0 aliphatic carbocycles. The molecule has 2 N–H and O–H groups in total. The number of thiocarbonyl (C=S) groups is 1.